The first-order valence-electron chi connectivity index (χ1n) is 7.29. The zero-order valence-corrected chi connectivity index (χ0v) is 14.0. The van der Waals surface area contributed by atoms with Crippen LogP contribution in [0.3, 0.4) is 0 Å². The lowest BCUT2D eigenvalue weighted by Gasteiger charge is -2.21. The number of nitrogens with zero attached hydrogens (tertiary/aromatic N) is 1. The molecule has 0 bridgehead atoms. The summed E-state index contributed by atoms with van der Waals surface area (Å²) >= 11 is 3.43. The van der Waals surface area contributed by atoms with E-state index in [0.717, 1.165) is 35.1 Å². The van der Waals surface area contributed by atoms with E-state index in [2.05, 4.69) is 46.1 Å². The fourth-order valence-electron chi connectivity index (χ4n) is 2.39. The zero-order chi connectivity index (χ0) is 15.2. The summed E-state index contributed by atoms with van der Waals surface area (Å²) < 4.78 is 15.2. The van der Waals surface area contributed by atoms with Gasteiger partial charge in [0.25, 0.3) is 0 Å². The quantitative estimate of drug-likeness (QED) is 0.821. The summed E-state index contributed by atoms with van der Waals surface area (Å²) in [5.41, 5.74) is 2.68. The standard InChI is InChI=1S/C17H20BrFN2/c1-3-9-20-17(14-11-13(18)7-8-15(14)19)16-12(4-2)6-5-10-21-16/h5-8,10-11,17,20H,3-4,9H2,1-2H3. The van der Waals surface area contributed by atoms with Crippen molar-refractivity contribution in [2.75, 3.05) is 6.54 Å². The number of nitrogens with one attached hydrogen (secondary N) is 1. The first-order valence-corrected chi connectivity index (χ1v) is 8.08. The van der Waals surface area contributed by atoms with Crippen molar-refractivity contribution in [3.8, 4) is 0 Å². The van der Waals surface area contributed by atoms with E-state index in [0.29, 0.717) is 5.56 Å². The van der Waals surface area contributed by atoms with E-state index < -0.39 is 0 Å². The second-order valence-corrected chi connectivity index (χ2v) is 5.87. The van der Waals surface area contributed by atoms with Gasteiger partial charge in [-0.2, -0.15) is 0 Å². The largest absolute Gasteiger partial charge is 0.305 e. The molecule has 0 radical (unpaired) electrons. The molecule has 2 nitrogen and oxygen atoms in total. The molecule has 1 unspecified atom stereocenters. The maximum Gasteiger partial charge on any atom is 0.128 e. The van der Waals surface area contributed by atoms with Crippen LogP contribution >= 0.6 is 15.9 Å². The molecule has 0 aliphatic carbocycles. The summed E-state index contributed by atoms with van der Waals surface area (Å²) in [7, 11) is 0. The number of halogens is 2. The Bertz CT molecular complexity index is 601. The van der Waals surface area contributed by atoms with Crippen molar-refractivity contribution in [1.29, 1.82) is 0 Å². The summed E-state index contributed by atoms with van der Waals surface area (Å²) in [6.45, 7) is 5.01. The summed E-state index contributed by atoms with van der Waals surface area (Å²) in [5.74, 6) is -0.209. The SMILES string of the molecule is CCCNC(c1cc(Br)ccc1F)c1ncccc1CC. The van der Waals surface area contributed by atoms with Crippen molar-refractivity contribution < 1.29 is 4.39 Å². The van der Waals surface area contributed by atoms with Gasteiger partial charge in [0.2, 0.25) is 0 Å². The van der Waals surface area contributed by atoms with Crippen LogP contribution in [0.25, 0.3) is 0 Å². The Balaban J connectivity index is 2.49. The molecule has 1 aromatic carbocycles. The lowest BCUT2D eigenvalue weighted by Crippen LogP contribution is -2.26. The Morgan fingerprint density at radius 3 is 2.81 bits per heavy atom. The summed E-state index contributed by atoms with van der Waals surface area (Å²) in [6.07, 6.45) is 3.63. The molecule has 1 atom stereocenters. The molecule has 4 heteroatoms. The molecule has 0 spiro atoms. The van der Waals surface area contributed by atoms with Gasteiger partial charge in [-0.25, -0.2) is 4.39 Å². The van der Waals surface area contributed by atoms with Crippen molar-refractivity contribution in [3.63, 3.8) is 0 Å². The number of aromatic nitrogens is 1. The van der Waals surface area contributed by atoms with Gasteiger partial charge in [-0.1, -0.05) is 35.8 Å². The molecule has 1 heterocycles. The van der Waals surface area contributed by atoms with Crippen LogP contribution in [0.1, 0.15) is 43.1 Å². The molecule has 21 heavy (non-hydrogen) atoms. The predicted molar refractivity (Wildman–Crippen MR) is 87.9 cm³/mol. The maximum atomic E-state index is 14.3. The van der Waals surface area contributed by atoms with Crippen molar-refractivity contribution >= 4 is 15.9 Å². The highest BCUT2D eigenvalue weighted by Gasteiger charge is 2.21. The minimum Gasteiger partial charge on any atom is -0.305 e. The molecule has 0 saturated carbocycles. The molecule has 0 aliphatic heterocycles. The molecule has 2 rings (SSSR count). The van der Waals surface area contributed by atoms with Crippen LogP contribution in [-0.2, 0) is 6.42 Å². The van der Waals surface area contributed by atoms with Crippen LogP contribution in [0, 0.1) is 5.82 Å². The molecule has 1 aromatic heterocycles. The Morgan fingerprint density at radius 1 is 1.29 bits per heavy atom. The molecule has 0 amide bonds. The van der Waals surface area contributed by atoms with Gasteiger partial charge in [0.15, 0.2) is 0 Å². The van der Waals surface area contributed by atoms with Gasteiger partial charge in [-0.05, 0) is 49.2 Å². The van der Waals surface area contributed by atoms with E-state index in [1.54, 1.807) is 12.3 Å². The van der Waals surface area contributed by atoms with Gasteiger partial charge in [0.05, 0.1) is 11.7 Å². The fraction of sp³-hybridized carbons (Fsp3) is 0.353. The highest BCUT2D eigenvalue weighted by molar-refractivity contribution is 9.10. The normalized spacial score (nSPS) is 12.4. The van der Waals surface area contributed by atoms with Gasteiger partial charge in [-0.15, -0.1) is 0 Å². The lowest BCUT2D eigenvalue weighted by molar-refractivity contribution is 0.536. The van der Waals surface area contributed by atoms with Crippen LogP contribution in [0.5, 0.6) is 0 Å². The Labute approximate surface area is 133 Å². The van der Waals surface area contributed by atoms with Gasteiger partial charge in [0.1, 0.15) is 5.82 Å². The molecule has 0 fully saturated rings. The maximum absolute atomic E-state index is 14.3. The average molecular weight is 351 g/mol. The third-order valence-corrected chi connectivity index (χ3v) is 3.94. The van der Waals surface area contributed by atoms with Crippen LogP contribution in [0.15, 0.2) is 41.0 Å². The number of benzene rings is 1. The van der Waals surface area contributed by atoms with Crippen molar-refractivity contribution in [3.05, 3.63) is 63.6 Å². The van der Waals surface area contributed by atoms with Crippen LogP contribution in [0.2, 0.25) is 0 Å². The minimum atomic E-state index is -0.224. The smallest absolute Gasteiger partial charge is 0.128 e. The van der Waals surface area contributed by atoms with Gasteiger partial charge >= 0.3 is 0 Å². The first-order chi connectivity index (χ1) is 10.2. The zero-order valence-electron chi connectivity index (χ0n) is 12.4. The molecular formula is C17H20BrFN2. The molecule has 2 aromatic rings. The van der Waals surface area contributed by atoms with Gasteiger partial charge in [0, 0.05) is 16.2 Å². The van der Waals surface area contributed by atoms with Crippen LogP contribution < -0.4 is 5.32 Å². The van der Waals surface area contributed by atoms with Crippen molar-refractivity contribution in [2.45, 2.75) is 32.7 Å². The second kappa shape index (κ2) is 7.66. The fourth-order valence-corrected chi connectivity index (χ4v) is 2.77. The van der Waals surface area contributed by atoms with E-state index in [1.807, 2.05) is 12.1 Å². The number of hydrogen-bond donors (Lipinski definition) is 1. The molecule has 0 aliphatic rings. The number of aryl methyl sites for hydroxylation is 1. The number of pyridine rings is 1. The van der Waals surface area contributed by atoms with Crippen LogP contribution in [-0.4, -0.2) is 11.5 Å². The van der Waals surface area contributed by atoms with Gasteiger partial charge < -0.3 is 5.32 Å². The molecule has 112 valence electrons. The number of hydrogen-bond acceptors (Lipinski definition) is 2. The first kappa shape index (κ1) is 16.1. The highest BCUT2D eigenvalue weighted by Crippen LogP contribution is 2.28. The van der Waals surface area contributed by atoms with E-state index >= 15 is 0 Å². The van der Waals surface area contributed by atoms with E-state index in [-0.39, 0.29) is 11.9 Å². The second-order valence-electron chi connectivity index (χ2n) is 4.95. The predicted octanol–water partition coefficient (Wildman–Crippen LogP) is 4.63. The number of rotatable bonds is 6. The van der Waals surface area contributed by atoms with Gasteiger partial charge in [-0.3, -0.25) is 4.98 Å². The molecule has 1 N–H and O–H groups in total. The highest BCUT2D eigenvalue weighted by atomic mass is 79.9. The minimum absolute atomic E-state index is 0.209. The third-order valence-electron chi connectivity index (χ3n) is 3.45. The van der Waals surface area contributed by atoms with E-state index in [1.165, 1.54) is 6.07 Å². The average Bonchev–Trinajstić information content (AvgIpc) is 2.51. The monoisotopic (exact) mass is 350 g/mol. The summed E-state index contributed by atoms with van der Waals surface area (Å²) in [6, 6.07) is 8.80. The molecular weight excluding hydrogens is 331 g/mol. The van der Waals surface area contributed by atoms with Crippen molar-refractivity contribution in [2.24, 2.45) is 0 Å². The van der Waals surface area contributed by atoms with E-state index in [9.17, 15) is 4.39 Å². The Hall–Kier alpha value is -1.26. The summed E-state index contributed by atoms with van der Waals surface area (Å²) in [4.78, 5) is 4.51. The topological polar surface area (TPSA) is 24.9 Å². The molecule has 0 saturated heterocycles. The Kier molecular flexibility index (Phi) is 5.88. The Morgan fingerprint density at radius 2 is 2.10 bits per heavy atom. The lowest BCUT2D eigenvalue weighted by atomic mass is 9.97. The van der Waals surface area contributed by atoms with Crippen molar-refractivity contribution in [1.82, 2.24) is 10.3 Å². The summed E-state index contributed by atoms with van der Waals surface area (Å²) in [5, 5.41) is 3.42. The third kappa shape index (κ3) is 3.89. The van der Waals surface area contributed by atoms with Crippen LogP contribution in [0.4, 0.5) is 4.39 Å². The van der Waals surface area contributed by atoms with E-state index in [4.69, 9.17) is 0 Å².